The zero-order valence-corrected chi connectivity index (χ0v) is 9.03. The van der Waals surface area contributed by atoms with Gasteiger partial charge in [0.2, 0.25) is 0 Å². The lowest BCUT2D eigenvalue weighted by atomic mass is 10.1. The average molecular weight is 196 g/mol. The summed E-state index contributed by atoms with van der Waals surface area (Å²) in [5.74, 6) is 0.687. The van der Waals surface area contributed by atoms with E-state index in [0.717, 1.165) is 25.0 Å². The zero-order chi connectivity index (χ0) is 9.47. The monoisotopic (exact) mass is 196 g/mol. The van der Waals surface area contributed by atoms with Crippen molar-refractivity contribution in [1.29, 1.82) is 0 Å². The van der Waals surface area contributed by atoms with Gasteiger partial charge in [0, 0.05) is 11.8 Å². The standard InChI is InChI=1S/C10H16N2S/c1-7(2)5-9-12-8(6-13-9)10(11)3-4-10/h6-7H,3-5,11H2,1-2H3. The van der Waals surface area contributed by atoms with Crippen LogP contribution in [0.25, 0.3) is 0 Å². The minimum absolute atomic E-state index is 0.0499. The third-order valence-corrected chi connectivity index (χ3v) is 3.30. The van der Waals surface area contributed by atoms with Crippen molar-refractivity contribution < 1.29 is 0 Å². The summed E-state index contributed by atoms with van der Waals surface area (Å²) in [5.41, 5.74) is 7.12. The summed E-state index contributed by atoms with van der Waals surface area (Å²) < 4.78 is 0. The smallest absolute Gasteiger partial charge is 0.0931 e. The lowest BCUT2D eigenvalue weighted by Crippen LogP contribution is -2.19. The molecule has 72 valence electrons. The molecule has 3 heteroatoms. The molecular weight excluding hydrogens is 180 g/mol. The molecule has 1 aliphatic carbocycles. The van der Waals surface area contributed by atoms with Crippen LogP contribution in [0.15, 0.2) is 5.38 Å². The molecule has 0 atom stereocenters. The maximum atomic E-state index is 6.06. The molecule has 1 aliphatic rings. The third-order valence-electron chi connectivity index (χ3n) is 2.43. The van der Waals surface area contributed by atoms with Crippen LogP contribution in [0, 0.1) is 5.92 Å². The van der Waals surface area contributed by atoms with E-state index in [2.05, 4.69) is 24.2 Å². The van der Waals surface area contributed by atoms with Crippen LogP contribution in [-0.4, -0.2) is 4.98 Å². The van der Waals surface area contributed by atoms with Crippen LogP contribution in [0.5, 0.6) is 0 Å². The number of rotatable bonds is 3. The van der Waals surface area contributed by atoms with E-state index >= 15 is 0 Å². The second-order valence-electron chi connectivity index (χ2n) is 4.38. The third kappa shape index (κ3) is 1.92. The Hall–Kier alpha value is -0.410. The number of thiazole rings is 1. The molecule has 1 heterocycles. The van der Waals surface area contributed by atoms with Crippen molar-refractivity contribution in [3.63, 3.8) is 0 Å². The number of nitrogens with two attached hydrogens (primary N) is 1. The second kappa shape index (κ2) is 3.07. The first kappa shape index (κ1) is 9.16. The van der Waals surface area contributed by atoms with E-state index in [1.807, 2.05) is 0 Å². The van der Waals surface area contributed by atoms with Crippen molar-refractivity contribution in [2.45, 2.75) is 38.6 Å². The normalized spacial score (nSPS) is 19.4. The average Bonchev–Trinajstić information content (AvgIpc) is 2.62. The van der Waals surface area contributed by atoms with Crippen LogP contribution in [0.3, 0.4) is 0 Å². The number of nitrogens with zero attached hydrogens (tertiary/aromatic N) is 1. The summed E-state index contributed by atoms with van der Waals surface area (Å²) >= 11 is 1.75. The molecule has 2 N–H and O–H groups in total. The summed E-state index contributed by atoms with van der Waals surface area (Å²) in [6.45, 7) is 4.44. The number of hydrogen-bond donors (Lipinski definition) is 1. The Bertz CT molecular complexity index is 300. The second-order valence-corrected chi connectivity index (χ2v) is 5.32. The molecule has 1 saturated carbocycles. The van der Waals surface area contributed by atoms with E-state index in [1.165, 1.54) is 5.01 Å². The van der Waals surface area contributed by atoms with Crippen molar-refractivity contribution in [2.24, 2.45) is 11.7 Å². The molecule has 1 fully saturated rings. The Kier molecular flexibility index (Phi) is 2.16. The predicted octanol–water partition coefficient (Wildman–Crippen LogP) is 2.29. The van der Waals surface area contributed by atoms with Gasteiger partial charge in [-0.15, -0.1) is 11.3 Å². The lowest BCUT2D eigenvalue weighted by Gasteiger charge is -2.03. The fourth-order valence-corrected chi connectivity index (χ4v) is 2.49. The van der Waals surface area contributed by atoms with Crippen LogP contribution >= 0.6 is 11.3 Å². The number of hydrogen-bond acceptors (Lipinski definition) is 3. The molecule has 0 unspecified atom stereocenters. The van der Waals surface area contributed by atoms with Gasteiger partial charge in [-0.3, -0.25) is 0 Å². The van der Waals surface area contributed by atoms with Crippen molar-refractivity contribution >= 4 is 11.3 Å². The van der Waals surface area contributed by atoms with E-state index in [4.69, 9.17) is 5.73 Å². The maximum absolute atomic E-state index is 6.06. The summed E-state index contributed by atoms with van der Waals surface area (Å²) in [6.07, 6.45) is 3.30. The Morgan fingerprint density at radius 1 is 1.62 bits per heavy atom. The first-order chi connectivity index (χ1) is 6.10. The molecule has 1 aromatic rings. The van der Waals surface area contributed by atoms with E-state index in [0.29, 0.717) is 5.92 Å². The van der Waals surface area contributed by atoms with Crippen LogP contribution in [0.1, 0.15) is 37.4 Å². The van der Waals surface area contributed by atoms with Gasteiger partial charge in [0.25, 0.3) is 0 Å². The minimum Gasteiger partial charge on any atom is -0.320 e. The van der Waals surface area contributed by atoms with Crippen molar-refractivity contribution in [3.05, 3.63) is 16.1 Å². The van der Waals surface area contributed by atoms with Crippen LogP contribution in [-0.2, 0) is 12.0 Å². The molecule has 0 aliphatic heterocycles. The van der Waals surface area contributed by atoms with Gasteiger partial charge in [0.15, 0.2) is 0 Å². The zero-order valence-electron chi connectivity index (χ0n) is 8.21. The van der Waals surface area contributed by atoms with E-state index in [1.54, 1.807) is 11.3 Å². The van der Waals surface area contributed by atoms with Crippen molar-refractivity contribution in [1.82, 2.24) is 4.98 Å². The lowest BCUT2D eigenvalue weighted by molar-refractivity contribution is 0.635. The topological polar surface area (TPSA) is 38.9 Å². The summed E-state index contributed by atoms with van der Waals surface area (Å²) in [7, 11) is 0. The summed E-state index contributed by atoms with van der Waals surface area (Å²) in [4.78, 5) is 4.58. The Morgan fingerprint density at radius 3 is 2.85 bits per heavy atom. The molecule has 13 heavy (non-hydrogen) atoms. The molecule has 1 aromatic heterocycles. The van der Waals surface area contributed by atoms with Crippen molar-refractivity contribution in [3.8, 4) is 0 Å². The molecule has 0 radical (unpaired) electrons. The highest BCUT2D eigenvalue weighted by Crippen LogP contribution is 2.42. The van der Waals surface area contributed by atoms with Crippen LogP contribution < -0.4 is 5.73 Å². The summed E-state index contributed by atoms with van der Waals surface area (Å²) in [5, 5.41) is 3.37. The highest BCUT2D eigenvalue weighted by Gasteiger charge is 2.42. The predicted molar refractivity (Wildman–Crippen MR) is 55.8 cm³/mol. The van der Waals surface area contributed by atoms with Gasteiger partial charge in [-0.25, -0.2) is 4.98 Å². The maximum Gasteiger partial charge on any atom is 0.0931 e. The fraction of sp³-hybridized carbons (Fsp3) is 0.700. The highest BCUT2D eigenvalue weighted by molar-refractivity contribution is 7.09. The van der Waals surface area contributed by atoms with Crippen LogP contribution in [0.2, 0.25) is 0 Å². The molecule has 0 spiro atoms. The fourth-order valence-electron chi connectivity index (χ4n) is 1.37. The molecule has 0 amide bonds. The van der Waals surface area contributed by atoms with Gasteiger partial charge >= 0.3 is 0 Å². The number of aromatic nitrogens is 1. The molecular formula is C10H16N2S. The van der Waals surface area contributed by atoms with E-state index in [9.17, 15) is 0 Å². The van der Waals surface area contributed by atoms with Gasteiger partial charge < -0.3 is 5.73 Å². The highest BCUT2D eigenvalue weighted by atomic mass is 32.1. The van der Waals surface area contributed by atoms with Crippen LogP contribution in [0.4, 0.5) is 0 Å². The van der Waals surface area contributed by atoms with Gasteiger partial charge in [0.05, 0.1) is 16.2 Å². The van der Waals surface area contributed by atoms with E-state index < -0.39 is 0 Å². The Balaban J connectivity index is 2.09. The van der Waals surface area contributed by atoms with Crippen molar-refractivity contribution in [2.75, 3.05) is 0 Å². The van der Waals surface area contributed by atoms with E-state index in [-0.39, 0.29) is 5.54 Å². The Morgan fingerprint density at radius 2 is 2.31 bits per heavy atom. The molecule has 2 nitrogen and oxygen atoms in total. The quantitative estimate of drug-likeness (QED) is 0.805. The van der Waals surface area contributed by atoms with Gasteiger partial charge in [-0.1, -0.05) is 13.8 Å². The SMILES string of the molecule is CC(C)Cc1nc(C2(N)CC2)cs1. The largest absolute Gasteiger partial charge is 0.320 e. The minimum atomic E-state index is -0.0499. The summed E-state index contributed by atoms with van der Waals surface area (Å²) in [6, 6.07) is 0. The Labute approximate surface area is 83.2 Å². The van der Waals surface area contributed by atoms with Gasteiger partial charge in [0.1, 0.15) is 0 Å². The van der Waals surface area contributed by atoms with Gasteiger partial charge in [-0.05, 0) is 18.8 Å². The first-order valence-electron chi connectivity index (χ1n) is 4.84. The van der Waals surface area contributed by atoms with Gasteiger partial charge in [-0.2, -0.15) is 0 Å². The molecule has 0 bridgehead atoms. The molecule has 2 rings (SSSR count). The molecule has 0 aromatic carbocycles. The molecule has 0 saturated heterocycles. The first-order valence-corrected chi connectivity index (χ1v) is 5.72.